The highest BCUT2D eigenvalue weighted by atomic mass is 35.5. The molecular weight excluding hydrogens is 242 g/mol. The number of rotatable bonds is 1. The molecule has 3 rings (SSSR count). The monoisotopic (exact) mass is 259 g/mol. The van der Waals surface area contributed by atoms with Gasteiger partial charge >= 0.3 is 0 Å². The van der Waals surface area contributed by atoms with Gasteiger partial charge in [-0.2, -0.15) is 0 Å². The maximum atomic E-state index is 6.31. The van der Waals surface area contributed by atoms with Crippen molar-refractivity contribution < 1.29 is 0 Å². The first kappa shape index (κ1) is 11.9. The molecule has 0 radical (unpaired) electrons. The molecule has 0 bridgehead atoms. The first-order valence-corrected chi connectivity index (χ1v) is 7.01. The van der Waals surface area contributed by atoms with Crippen molar-refractivity contribution in [2.45, 2.75) is 32.1 Å². The smallest absolute Gasteiger partial charge is 0.0440 e. The summed E-state index contributed by atoms with van der Waals surface area (Å²) < 4.78 is 0. The minimum absolute atomic E-state index is 0.566. The van der Waals surface area contributed by atoms with Crippen LogP contribution in [0.15, 0.2) is 47.2 Å². The van der Waals surface area contributed by atoms with Crippen LogP contribution in [0.1, 0.15) is 37.7 Å². The Hall–Kier alpha value is -1.21. The van der Waals surface area contributed by atoms with Crippen molar-refractivity contribution in [1.29, 1.82) is 0 Å². The Labute approximate surface area is 114 Å². The molecule has 1 aliphatic carbocycles. The highest BCUT2D eigenvalue weighted by Crippen LogP contribution is 2.40. The van der Waals surface area contributed by atoms with E-state index in [4.69, 9.17) is 11.6 Å². The van der Waals surface area contributed by atoms with Crippen molar-refractivity contribution in [3.05, 3.63) is 57.8 Å². The van der Waals surface area contributed by atoms with E-state index in [0.29, 0.717) is 5.92 Å². The van der Waals surface area contributed by atoms with Crippen LogP contribution >= 0.6 is 11.6 Å². The molecule has 1 atom stereocenters. The molecule has 0 saturated heterocycles. The Kier molecular flexibility index (Phi) is 3.17. The SMILES string of the molecule is CC1=CCNC2=C1CCC(c1ccccc1Cl)C2. The summed E-state index contributed by atoms with van der Waals surface area (Å²) in [6, 6.07) is 8.26. The van der Waals surface area contributed by atoms with Crippen LogP contribution in [-0.4, -0.2) is 6.54 Å². The Morgan fingerprint density at radius 3 is 2.94 bits per heavy atom. The molecule has 2 heteroatoms. The van der Waals surface area contributed by atoms with Gasteiger partial charge in [0.15, 0.2) is 0 Å². The summed E-state index contributed by atoms with van der Waals surface area (Å²) in [6.45, 7) is 3.20. The molecule has 1 unspecified atom stereocenters. The van der Waals surface area contributed by atoms with Crippen LogP contribution in [-0.2, 0) is 0 Å². The Morgan fingerprint density at radius 2 is 2.11 bits per heavy atom. The second kappa shape index (κ2) is 4.81. The summed E-state index contributed by atoms with van der Waals surface area (Å²) in [5.74, 6) is 0.566. The van der Waals surface area contributed by atoms with E-state index in [-0.39, 0.29) is 0 Å². The second-order valence-electron chi connectivity index (χ2n) is 5.19. The minimum Gasteiger partial charge on any atom is -0.385 e. The average Bonchev–Trinajstić information content (AvgIpc) is 2.39. The first-order chi connectivity index (χ1) is 8.75. The van der Waals surface area contributed by atoms with Crippen LogP contribution in [0.4, 0.5) is 0 Å². The standard InChI is InChI=1S/C16H18ClN/c1-11-8-9-18-16-10-12(6-7-13(11)16)14-4-2-3-5-15(14)17/h2-5,8,12,18H,6-7,9-10H2,1H3. The zero-order chi connectivity index (χ0) is 12.5. The molecule has 0 aromatic heterocycles. The number of benzene rings is 1. The molecule has 1 aromatic rings. The topological polar surface area (TPSA) is 12.0 Å². The van der Waals surface area contributed by atoms with E-state index in [1.165, 1.54) is 35.2 Å². The Bertz CT molecular complexity index is 528. The zero-order valence-electron chi connectivity index (χ0n) is 10.7. The molecule has 1 nitrogen and oxygen atoms in total. The normalized spacial score (nSPS) is 23.2. The van der Waals surface area contributed by atoms with Gasteiger partial charge in [0, 0.05) is 17.3 Å². The Balaban J connectivity index is 1.88. The molecule has 94 valence electrons. The molecule has 0 fully saturated rings. The molecular formula is C16H18ClN. The number of hydrogen-bond donors (Lipinski definition) is 1. The lowest BCUT2D eigenvalue weighted by molar-refractivity contribution is 0.547. The third-order valence-corrected chi connectivity index (χ3v) is 4.45. The maximum absolute atomic E-state index is 6.31. The van der Waals surface area contributed by atoms with E-state index < -0.39 is 0 Å². The lowest BCUT2D eigenvalue weighted by atomic mass is 9.80. The van der Waals surface area contributed by atoms with Gasteiger partial charge in [0.2, 0.25) is 0 Å². The molecule has 0 spiro atoms. The van der Waals surface area contributed by atoms with Gasteiger partial charge < -0.3 is 5.32 Å². The fraction of sp³-hybridized carbons (Fsp3) is 0.375. The second-order valence-corrected chi connectivity index (χ2v) is 5.59. The summed E-state index contributed by atoms with van der Waals surface area (Å²) in [4.78, 5) is 0. The molecule has 1 N–H and O–H groups in total. The van der Waals surface area contributed by atoms with Crippen LogP contribution in [0.3, 0.4) is 0 Å². The van der Waals surface area contributed by atoms with Crippen LogP contribution in [0.5, 0.6) is 0 Å². The van der Waals surface area contributed by atoms with E-state index in [1.54, 1.807) is 0 Å². The van der Waals surface area contributed by atoms with Crippen molar-refractivity contribution in [1.82, 2.24) is 5.32 Å². The number of hydrogen-bond acceptors (Lipinski definition) is 1. The molecule has 1 aliphatic heterocycles. The van der Waals surface area contributed by atoms with Crippen LogP contribution in [0.25, 0.3) is 0 Å². The van der Waals surface area contributed by atoms with Gasteiger partial charge in [-0.1, -0.05) is 35.9 Å². The van der Waals surface area contributed by atoms with Gasteiger partial charge in [0.1, 0.15) is 0 Å². The minimum atomic E-state index is 0.566. The van der Waals surface area contributed by atoms with Crippen molar-refractivity contribution >= 4 is 11.6 Å². The van der Waals surface area contributed by atoms with Crippen LogP contribution in [0.2, 0.25) is 5.02 Å². The van der Waals surface area contributed by atoms with Gasteiger partial charge in [-0.15, -0.1) is 0 Å². The van der Waals surface area contributed by atoms with Gasteiger partial charge in [-0.05, 0) is 54.9 Å². The lowest BCUT2D eigenvalue weighted by Gasteiger charge is -2.31. The van der Waals surface area contributed by atoms with Crippen molar-refractivity contribution in [2.75, 3.05) is 6.54 Å². The zero-order valence-corrected chi connectivity index (χ0v) is 11.4. The van der Waals surface area contributed by atoms with Crippen molar-refractivity contribution in [3.8, 4) is 0 Å². The fourth-order valence-corrected chi connectivity index (χ4v) is 3.37. The van der Waals surface area contributed by atoms with E-state index >= 15 is 0 Å². The van der Waals surface area contributed by atoms with E-state index in [2.05, 4.69) is 30.4 Å². The van der Waals surface area contributed by atoms with Crippen molar-refractivity contribution in [3.63, 3.8) is 0 Å². The number of nitrogens with one attached hydrogen (secondary N) is 1. The third-order valence-electron chi connectivity index (χ3n) is 4.10. The van der Waals surface area contributed by atoms with Crippen LogP contribution in [0, 0.1) is 0 Å². The first-order valence-electron chi connectivity index (χ1n) is 6.63. The third kappa shape index (κ3) is 2.08. The largest absolute Gasteiger partial charge is 0.385 e. The van der Waals surface area contributed by atoms with E-state index in [1.807, 2.05) is 12.1 Å². The molecule has 2 aliphatic rings. The maximum Gasteiger partial charge on any atom is 0.0440 e. The highest BCUT2D eigenvalue weighted by Gasteiger charge is 2.25. The molecule has 18 heavy (non-hydrogen) atoms. The predicted octanol–water partition coefficient (Wildman–Crippen LogP) is 4.41. The fourth-order valence-electron chi connectivity index (χ4n) is 3.08. The summed E-state index contributed by atoms with van der Waals surface area (Å²) in [5, 5.41) is 4.44. The average molecular weight is 260 g/mol. The van der Waals surface area contributed by atoms with Crippen molar-refractivity contribution in [2.24, 2.45) is 0 Å². The van der Waals surface area contributed by atoms with E-state index in [9.17, 15) is 0 Å². The Morgan fingerprint density at radius 1 is 1.28 bits per heavy atom. The van der Waals surface area contributed by atoms with Gasteiger partial charge in [0.25, 0.3) is 0 Å². The number of dihydropyridines is 1. The predicted molar refractivity (Wildman–Crippen MR) is 76.8 cm³/mol. The summed E-state index contributed by atoms with van der Waals surface area (Å²) in [6.07, 6.45) is 5.76. The van der Waals surface area contributed by atoms with Gasteiger partial charge in [0.05, 0.1) is 0 Å². The molecule has 0 saturated carbocycles. The molecule has 1 heterocycles. The molecule has 1 aromatic carbocycles. The van der Waals surface area contributed by atoms with Gasteiger partial charge in [-0.25, -0.2) is 0 Å². The molecule has 0 amide bonds. The summed E-state index contributed by atoms with van der Waals surface area (Å²) in [7, 11) is 0. The quantitative estimate of drug-likeness (QED) is 0.788. The lowest BCUT2D eigenvalue weighted by Crippen LogP contribution is -2.25. The highest BCUT2D eigenvalue weighted by molar-refractivity contribution is 6.31. The summed E-state index contributed by atoms with van der Waals surface area (Å²) in [5.41, 5.74) is 5.73. The number of allylic oxidation sites excluding steroid dienone is 3. The summed E-state index contributed by atoms with van der Waals surface area (Å²) >= 11 is 6.31. The van der Waals surface area contributed by atoms with Gasteiger partial charge in [-0.3, -0.25) is 0 Å². The van der Waals surface area contributed by atoms with E-state index in [0.717, 1.165) is 18.0 Å². The van der Waals surface area contributed by atoms with Crippen LogP contribution < -0.4 is 5.32 Å². The number of halogens is 1.